The van der Waals surface area contributed by atoms with E-state index in [1.807, 2.05) is 11.0 Å². The number of benzene rings is 1. The van der Waals surface area contributed by atoms with Gasteiger partial charge in [0, 0.05) is 44.6 Å². The summed E-state index contributed by atoms with van der Waals surface area (Å²) in [5, 5.41) is 20.3. The number of aromatic nitrogens is 2. The SMILES string of the molecule is N#Cc1ccc(N2CCCN(c3ncccn3)CC2)c([N+](=O)[O-])c1. The maximum atomic E-state index is 11.3. The van der Waals surface area contributed by atoms with Crippen LogP contribution in [0.25, 0.3) is 0 Å². The fourth-order valence-corrected chi connectivity index (χ4v) is 2.82. The average molecular weight is 324 g/mol. The Morgan fingerprint density at radius 2 is 1.83 bits per heavy atom. The minimum atomic E-state index is -0.431. The average Bonchev–Trinajstić information content (AvgIpc) is 2.88. The Morgan fingerprint density at radius 3 is 2.54 bits per heavy atom. The van der Waals surface area contributed by atoms with Crippen molar-refractivity contribution in [3.63, 3.8) is 0 Å². The van der Waals surface area contributed by atoms with E-state index in [-0.39, 0.29) is 5.69 Å². The van der Waals surface area contributed by atoms with Gasteiger partial charge in [-0.25, -0.2) is 9.97 Å². The van der Waals surface area contributed by atoms with Crippen LogP contribution in [0.2, 0.25) is 0 Å². The molecule has 1 aliphatic rings. The molecule has 0 N–H and O–H groups in total. The second-order valence-corrected chi connectivity index (χ2v) is 5.45. The van der Waals surface area contributed by atoms with Gasteiger partial charge in [-0.05, 0) is 24.6 Å². The molecule has 24 heavy (non-hydrogen) atoms. The van der Waals surface area contributed by atoms with Crippen LogP contribution >= 0.6 is 0 Å². The third-order valence-corrected chi connectivity index (χ3v) is 3.97. The lowest BCUT2D eigenvalue weighted by molar-refractivity contribution is -0.384. The van der Waals surface area contributed by atoms with E-state index in [0.29, 0.717) is 36.8 Å². The molecule has 1 saturated heterocycles. The zero-order chi connectivity index (χ0) is 16.9. The number of nitro groups is 1. The van der Waals surface area contributed by atoms with Crippen LogP contribution < -0.4 is 9.80 Å². The number of nitrogens with zero attached hydrogens (tertiary/aromatic N) is 6. The summed E-state index contributed by atoms with van der Waals surface area (Å²) in [6, 6.07) is 8.32. The van der Waals surface area contributed by atoms with Gasteiger partial charge in [0.25, 0.3) is 5.69 Å². The van der Waals surface area contributed by atoms with Crippen molar-refractivity contribution in [2.45, 2.75) is 6.42 Å². The van der Waals surface area contributed by atoms with Crippen LogP contribution in [0.5, 0.6) is 0 Å². The highest BCUT2D eigenvalue weighted by atomic mass is 16.6. The van der Waals surface area contributed by atoms with Crippen LogP contribution in [0.4, 0.5) is 17.3 Å². The zero-order valence-corrected chi connectivity index (χ0v) is 13.0. The summed E-state index contributed by atoms with van der Waals surface area (Å²) in [4.78, 5) is 23.5. The highest BCUT2D eigenvalue weighted by molar-refractivity contribution is 5.66. The zero-order valence-electron chi connectivity index (χ0n) is 13.0. The van der Waals surface area contributed by atoms with Crippen LogP contribution in [-0.2, 0) is 0 Å². The summed E-state index contributed by atoms with van der Waals surface area (Å²) in [5.41, 5.74) is 0.813. The Bertz CT molecular complexity index is 774. The lowest BCUT2D eigenvalue weighted by atomic mass is 10.1. The standard InChI is InChI=1S/C16H16N6O2/c17-12-13-3-4-14(15(11-13)22(23)24)20-7-2-8-21(10-9-20)16-18-5-1-6-19-16/h1,3-6,11H,2,7-10H2. The minimum absolute atomic E-state index is 0.0292. The van der Waals surface area contributed by atoms with Crippen LogP contribution in [0.1, 0.15) is 12.0 Å². The van der Waals surface area contributed by atoms with Crippen LogP contribution in [0, 0.1) is 21.4 Å². The van der Waals surface area contributed by atoms with Crippen molar-refractivity contribution >= 4 is 17.3 Å². The molecule has 1 aromatic carbocycles. The molecule has 0 radical (unpaired) electrons. The molecule has 0 aliphatic carbocycles. The third-order valence-electron chi connectivity index (χ3n) is 3.97. The third kappa shape index (κ3) is 3.25. The predicted octanol–water partition coefficient (Wildman–Crippen LogP) is 1.97. The molecule has 1 fully saturated rings. The number of rotatable bonds is 3. The van der Waals surface area contributed by atoms with Crippen LogP contribution in [-0.4, -0.2) is 41.1 Å². The normalized spacial score (nSPS) is 14.8. The first kappa shape index (κ1) is 15.7. The maximum absolute atomic E-state index is 11.3. The fourth-order valence-electron chi connectivity index (χ4n) is 2.82. The molecule has 122 valence electrons. The van der Waals surface area contributed by atoms with Gasteiger partial charge in [0.1, 0.15) is 5.69 Å². The Hall–Kier alpha value is -3.21. The van der Waals surface area contributed by atoms with Gasteiger partial charge in [-0.3, -0.25) is 10.1 Å². The Balaban J connectivity index is 1.82. The molecular formula is C16H16N6O2. The monoisotopic (exact) mass is 324 g/mol. The van der Waals surface area contributed by atoms with Gasteiger partial charge in [0.2, 0.25) is 5.95 Å². The van der Waals surface area contributed by atoms with Gasteiger partial charge in [-0.1, -0.05) is 0 Å². The Morgan fingerprint density at radius 1 is 1.12 bits per heavy atom. The van der Waals surface area contributed by atoms with Crippen molar-refractivity contribution in [1.29, 1.82) is 5.26 Å². The summed E-state index contributed by atoms with van der Waals surface area (Å²) in [5.74, 6) is 0.675. The fraction of sp³-hybridized carbons (Fsp3) is 0.312. The first-order valence-electron chi connectivity index (χ1n) is 7.64. The van der Waals surface area contributed by atoms with Crippen LogP contribution in [0.3, 0.4) is 0 Å². The maximum Gasteiger partial charge on any atom is 0.293 e. The van der Waals surface area contributed by atoms with E-state index in [0.717, 1.165) is 13.0 Å². The molecule has 8 nitrogen and oxygen atoms in total. The second kappa shape index (κ2) is 6.91. The van der Waals surface area contributed by atoms with E-state index in [1.54, 1.807) is 30.6 Å². The molecular weight excluding hydrogens is 308 g/mol. The van der Waals surface area contributed by atoms with Crippen molar-refractivity contribution < 1.29 is 4.92 Å². The first-order chi connectivity index (χ1) is 11.7. The largest absolute Gasteiger partial charge is 0.364 e. The summed E-state index contributed by atoms with van der Waals surface area (Å²) in [6.45, 7) is 2.81. The number of hydrogen-bond acceptors (Lipinski definition) is 7. The topological polar surface area (TPSA) is 99.2 Å². The minimum Gasteiger partial charge on any atom is -0.364 e. The van der Waals surface area contributed by atoms with E-state index >= 15 is 0 Å². The van der Waals surface area contributed by atoms with E-state index in [1.165, 1.54) is 6.07 Å². The van der Waals surface area contributed by atoms with E-state index in [9.17, 15) is 10.1 Å². The molecule has 0 saturated carbocycles. The Labute approximate surface area is 139 Å². The number of nitriles is 1. The molecule has 3 rings (SSSR count). The molecule has 0 amide bonds. The van der Waals surface area contributed by atoms with E-state index in [2.05, 4.69) is 14.9 Å². The number of hydrogen-bond donors (Lipinski definition) is 0. The summed E-state index contributed by atoms with van der Waals surface area (Å²) in [7, 11) is 0. The number of anilines is 2. The van der Waals surface area contributed by atoms with Crippen molar-refractivity contribution in [2.24, 2.45) is 0 Å². The molecule has 1 aliphatic heterocycles. The van der Waals surface area contributed by atoms with Gasteiger partial charge in [-0.2, -0.15) is 5.26 Å². The predicted molar refractivity (Wildman–Crippen MR) is 88.9 cm³/mol. The molecule has 0 spiro atoms. The molecule has 0 unspecified atom stereocenters. The highest BCUT2D eigenvalue weighted by Crippen LogP contribution is 2.30. The van der Waals surface area contributed by atoms with Crippen molar-refractivity contribution in [3.05, 3.63) is 52.3 Å². The Kier molecular flexibility index (Phi) is 4.52. The summed E-state index contributed by atoms with van der Waals surface area (Å²) in [6.07, 6.45) is 4.25. The van der Waals surface area contributed by atoms with Crippen molar-refractivity contribution in [3.8, 4) is 6.07 Å². The molecule has 2 aromatic rings. The van der Waals surface area contributed by atoms with Gasteiger partial charge in [-0.15, -0.1) is 0 Å². The first-order valence-corrected chi connectivity index (χ1v) is 7.64. The number of nitro benzene ring substituents is 1. The lowest BCUT2D eigenvalue weighted by Crippen LogP contribution is -2.31. The van der Waals surface area contributed by atoms with Crippen molar-refractivity contribution in [2.75, 3.05) is 36.0 Å². The molecule has 8 heteroatoms. The van der Waals surface area contributed by atoms with Crippen LogP contribution in [0.15, 0.2) is 36.7 Å². The molecule has 0 atom stereocenters. The van der Waals surface area contributed by atoms with Gasteiger partial charge >= 0.3 is 0 Å². The molecule has 0 bridgehead atoms. The second-order valence-electron chi connectivity index (χ2n) is 5.45. The summed E-state index contributed by atoms with van der Waals surface area (Å²) < 4.78 is 0. The lowest BCUT2D eigenvalue weighted by Gasteiger charge is -2.23. The van der Waals surface area contributed by atoms with Crippen molar-refractivity contribution in [1.82, 2.24) is 9.97 Å². The quantitative estimate of drug-likeness (QED) is 0.628. The van der Waals surface area contributed by atoms with Gasteiger partial charge in [0.15, 0.2) is 0 Å². The smallest absolute Gasteiger partial charge is 0.293 e. The molecule has 2 heterocycles. The van der Waals surface area contributed by atoms with Gasteiger partial charge < -0.3 is 9.80 Å². The summed E-state index contributed by atoms with van der Waals surface area (Å²) >= 11 is 0. The highest BCUT2D eigenvalue weighted by Gasteiger charge is 2.23. The van der Waals surface area contributed by atoms with E-state index < -0.39 is 4.92 Å². The molecule has 1 aromatic heterocycles. The van der Waals surface area contributed by atoms with E-state index in [4.69, 9.17) is 5.26 Å². The van der Waals surface area contributed by atoms with Gasteiger partial charge in [0.05, 0.1) is 16.6 Å².